The van der Waals surface area contributed by atoms with Gasteiger partial charge in [-0.25, -0.2) is 9.59 Å². The molecule has 4 aromatic carbocycles. The number of ether oxygens (including phenoxy) is 4. The predicted molar refractivity (Wildman–Crippen MR) is 257 cm³/mol. The number of anilines is 1. The van der Waals surface area contributed by atoms with Crippen LogP contribution >= 0.6 is 11.6 Å². The number of epoxide rings is 1. The molecule has 15 heteroatoms. The molecule has 0 spiro atoms. The first kappa shape index (κ1) is 49.4. The number of esters is 2. The zero-order valence-electron chi connectivity index (χ0n) is 39.1. The van der Waals surface area contributed by atoms with Gasteiger partial charge in [0.2, 0.25) is 17.7 Å². The van der Waals surface area contributed by atoms with Crippen LogP contribution in [0.4, 0.5) is 10.5 Å². The second-order valence-electron chi connectivity index (χ2n) is 18.8. The van der Waals surface area contributed by atoms with Gasteiger partial charge in [0, 0.05) is 41.9 Å². The molecule has 2 aliphatic heterocycles. The molecule has 3 aliphatic rings. The Bertz CT molecular complexity index is 2510. The molecule has 0 radical (unpaired) electrons. The maximum atomic E-state index is 13.9. The number of carbonyl (C=O) groups excluding carboxylic acids is 6. The Morgan fingerprint density at radius 2 is 1.57 bits per heavy atom. The van der Waals surface area contributed by atoms with E-state index in [0.29, 0.717) is 10.7 Å². The van der Waals surface area contributed by atoms with Gasteiger partial charge >= 0.3 is 18.0 Å². The highest BCUT2D eigenvalue weighted by Gasteiger charge is 2.48. The second kappa shape index (κ2) is 21.6. The summed E-state index contributed by atoms with van der Waals surface area (Å²) >= 11 is 6.38. The van der Waals surface area contributed by atoms with Gasteiger partial charge in [-0.1, -0.05) is 111 Å². The van der Waals surface area contributed by atoms with E-state index >= 15 is 0 Å². The van der Waals surface area contributed by atoms with E-state index in [1.54, 1.807) is 38.1 Å². The highest BCUT2D eigenvalue weighted by molar-refractivity contribution is 6.31. The lowest BCUT2D eigenvalue weighted by molar-refractivity contribution is -0.179. The van der Waals surface area contributed by atoms with Gasteiger partial charge in [-0.05, 0) is 96.3 Å². The fraction of sp³-hybridized carbons (Fsp3) is 0.396. The Labute approximate surface area is 401 Å². The first-order valence-electron chi connectivity index (χ1n) is 23.0. The van der Waals surface area contributed by atoms with Crippen LogP contribution in [0.25, 0.3) is 11.1 Å². The van der Waals surface area contributed by atoms with Gasteiger partial charge in [-0.2, -0.15) is 0 Å². The van der Waals surface area contributed by atoms with Crippen molar-refractivity contribution in [2.75, 3.05) is 25.0 Å². The van der Waals surface area contributed by atoms with Gasteiger partial charge in [0.15, 0.2) is 6.10 Å². The lowest BCUT2D eigenvalue weighted by atomic mass is 9.92. The molecule has 0 aromatic heterocycles. The summed E-state index contributed by atoms with van der Waals surface area (Å²) < 4.78 is 23.7. The van der Waals surface area contributed by atoms with Crippen LogP contribution in [0.2, 0.25) is 5.02 Å². The molecule has 1 saturated heterocycles. The Morgan fingerprint density at radius 1 is 0.897 bits per heavy atom. The molecule has 1 fully saturated rings. The molecule has 4 aromatic rings. The number of alkyl carbamates (subject to hydrolysis) is 1. The van der Waals surface area contributed by atoms with Gasteiger partial charge in [0.05, 0.1) is 11.5 Å². The van der Waals surface area contributed by atoms with Crippen LogP contribution < -0.4 is 21.3 Å². The predicted octanol–water partition coefficient (Wildman–Crippen LogP) is 7.90. The van der Waals surface area contributed by atoms with Crippen LogP contribution in [0.3, 0.4) is 0 Å². The van der Waals surface area contributed by atoms with Gasteiger partial charge in [-0.15, -0.1) is 0 Å². The Morgan fingerprint density at radius 3 is 2.24 bits per heavy atom. The fourth-order valence-electron chi connectivity index (χ4n) is 8.51. The van der Waals surface area contributed by atoms with Crippen molar-refractivity contribution in [3.05, 3.63) is 136 Å². The van der Waals surface area contributed by atoms with E-state index in [9.17, 15) is 28.8 Å². The first-order valence-corrected chi connectivity index (χ1v) is 23.4. The van der Waals surface area contributed by atoms with Crippen molar-refractivity contribution in [2.45, 2.75) is 97.2 Å². The number of amides is 4. The smallest absolute Gasteiger partial charge is 0.407 e. The molecule has 4 N–H and O–H groups in total. The molecule has 0 bridgehead atoms. The monoisotopic (exact) mass is 946 g/mol. The standard InChI is InChI=1S/C53H59ClN4O10/c1-30(2)24-44-50(62)66-43(16-11-17-45(59)58-42(26-33-19-18-31(3)41(54)25-33)49(61)56-29-53(5,6)51(63)67-44)32(4)47-48(68-47)34-20-22-35(23-21-34)57-46(60)27-55-52(64)65-28-40-38-14-9-7-12-36(38)37-13-8-10-15-39(37)40/h7-15,17-23,25,30,32,40,42-44,47-48H,16,24,26-29H2,1-6H3,(H,55,64)(H,56,61)(H,57,60)(H,58,59)/b17-11+/t32-,42+,43-,44-,47+,48+/m0/s1. The molecule has 6 atom stereocenters. The molecule has 2 heterocycles. The molecule has 14 nitrogen and oxygen atoms in total. The van der Waals surface area contributed by atoms with Crippen LogP contribution in [0.1, 0.15) is 87.3 Å². The number of carbonyl (C=O) groups is 6. The molecule has 0 saturated carbocycles. The highest BCUT2D eigenvalue weighted by Crippen LogP contribution is 2.46. The Balaban J connectivity index is 0.968. The number of hydrogen-bond donors (Lipinski definition) is 4. The summed E-state index contributed by atoms with van der Waals surface area (Å²) in [6, 6.07) is 27.6. The zero-order valence-corrected chi connectivity index (χ0v) is 39.9. The minimum absolute atomic E-state index is 0.0363. The molecule has 358 valence electrons. The summed E-state index contributed by atoms with van der Waals surface area (Å²) in [7, 11) is 0. The number of fused-ring (bicyclic) bond motifs is 3. The van der Waals surface area contributed by atoms with Crippen LogP contribution in [-0.4, -0.2) is 79.8 Å². The molecule has 4 amide bonds. The SMILES string of the molecule is Cc1ccc(C[C@H]2NC(=O)/C=C/C[C@@H]([C@H](C)[C@H]3O[C@@H]3c3ccc(NC(=O)CNC(=O)OCC4c5ccccc5-c5ccccc54)cc3)OC(=O)[C@H](CC(C)C)OC(=O)C(C)(C)CNC2=O)cc1Cl. The third kappa shape index (κ3) is 12.3. The van der Waals surface area contributed by atoms with E-state index in [2.05, 4.69) is 33.4 Å². The van der Waals surface area contributed by atoms with Gasteiger partial charge < -0.3 is 40.2 Å². The van der Waals surface area contributed by atoms with Crippen molar-refractivity contribution >= 4 is 53.0 Å². The van der Waals surface area contributed by atoms with Gasteiger partial charge in [0.1, 0.15) is 31.4 Å². The van der Waals surface area contributed by atoms with Crippen LogP contribution in [0.5, 0.6) is 0 Å². The zero-order chi connectivity index (χ0) is 48.7. The number of halogens is 1. The third-order valence-corrected chi connectivity index (χ3v) is 13.0. The third-order valence-electron chi connectivity index (χ3n) is 12.6. The normalized spacial score (nSPS) is 22.6. The molecule has 0 unspecified atom stereocenters. The summed E-state index contributed by atoms with van der Waals surface area (Å²) in [5.74, 6) is -3.44. The van der Waals surface area contributed by atoms with Crippen LogP contribution in [-0.2, 0) is 49.3 Å². The van der Waals surface area contributed by atoms with E-state index < -0.39 is 65.3 Å². The quantitative estimate of drug-likeness (QED) is 0.0617. The van der Waals surface area contributed by atoms with Crippen molar-refractivity contribution in [1.29, 1.82) is 0 Å². The van der Waals surface area contributed by atoms with E-state index in [4.69, 9.17) is 30.5 Å². The summed E-state index contributed by atoms with van der Waals surface area (Å²) in [4.78, 5) is 80.0. The van der Waals surface area contributed by atoms with E-state index in [0.717, 1.165) is 38.9 Å². The Hall–Kier alpha value is -6.51. The lowest BCUT2D eigenvalue weighted by Crippen LogP contribution is -2.51. The van der Waals surface area contributed by atoms with Crippen molar-refractivity contribution in [3.63, 3.8) is 0 Å². The number of benzene rings is 4. The first-order chi connectivity index (χ1) is 32.5. The number of rotatable bonds is 12. The fourth-order valence-corrected chi connectivity index (χ4v) is 8.72. The summed E-state index contributed by atoms with van der Waals surface area (Å²) in [6.07, 6.45) is -0.137. The van der Waals surface area contributed by atoms with Gasteiger partial charge in [-0.3, -0.25) is 19.2 Å². The van der Waals surface area contributed by atoms with Crippen molar-refractivity contribution in [1.82, 2.24) is 16.0 Å². The maximum absolute atomic E-state index is 13.9. The van der Waals surface area contributed by atoms with Gasteiger partial charge in [0.25, 0.3) is 0 Å². The Kier molecular flexibility index (Phi) is 15.7. The molecular weight excluding hydrogens is 888 g/mol. The second-order valence-corrected chi connectivity index (χ2v) is 19.2. The lowest BCUT2D eigenvalue weighted by Gasteiger charge is -2.29. The van der Waals surface area contributed by atoms with Crippen molar-refractivity contribution in [3.8, 4) is 11.1 Å². The van der Waals surface area contributed by atoms with E-state index in [1.807, 2.05) is 88.4 Å². The number of hydrogen-bond acceptors (Lipinski definition) is 10. The number of aryl methyl sites for hydroxylation is 1. The molecule has 7 rings (SSSR count). The van der Waals surface area contributed by atoms with Crippen LogP contribution in [0, 0.1) is 24.2 Å². The van der Waals surface area contributed by atoms with Crippen LogP contribution in [0.15, 0.2) is 103 Å². The summed E-state index contributed by atoms with van der Waals surface area (Å²) in [5.41, 5.74) is 6.09. The average molecular weight is 948 g/mol. The molecule has 1 aliphatic carbocycles. The minimum atomic E-state index is -1.24. The highest BCUT2D eigenvalue weighted by atomic mass is 35.5. The topological polar surface area (TPSA) is 191 Å². The number of nitrogens with one attached hydrogen (secondary N) is 4. The average Bonchev–Trinajstić information content (AvgIpc) is 4.05. The largest absolute Gasteiger partial charge is 0.459 e. The summed E-state index contributed by atoms with van der Waals surface area (Å²) in [6.45, 7) is 10.5. The number of cyclic esters (lactones) is 2. The molecule has 68 heavy (non-hydrogen) atoms. The van der Waals surface area contributed by atoms with E-state index in [-0.39, 0.29) is 63.0 Å². The molecular formula is C53H59ClN4O10. The van der Waals surface area contributed by atoms with Crippen molar-refractivity contribution in [2.24, 2.45) is 17.3 Å². The maximum Gasteiger partial charge on any atom is 0.407 e. The van der Waals surface area contributed by atoms with Crippen molar-refractivity contribution < 1.29 is 47.7 Å². The minimum Gasteiger partial charge on any atom is -0.459 e. The van der Waals surface area contributed by atoms with E-state index in [1.165, 1.54) is 6.08 Å². The summed E-state index contributed by atoms with van der Waals surface area (Å²) in [5, 5.41) is 11.4.